The topological polar surface area (TPSA) is 131 Å². The van der Waals surface area contributed by atoms with Crippen molar-refractivity contribution in [3.63, 3.8) is 0 Å². The van der Waals surface area contributed by atoms with Gasteiger partial charge in [0, 0.05) is 6.54 Å². The van der Waals surface area contributed by atoms with Gasteiger partial charge in [0.15, 0.2) is 6.10 Å². The van der Waals surface area contributed by atoms with Crippen molar-refractivity contribution in [2.24, 2.45) is 0 Å². The highest BCUT2D eigenvalue weighted by Gasteiger charge is 2.24. The van der Waals surface area contributed by atoms with E-state index in [-0.39, 0.29) is 16.1 Å². The minimum Gasteiger partial charge on any atom is -0.449 e. The summed E-state index contributed by atoms with van der Waals surface area (Å²) in [6, 6.07) is 10.2. The van der Waals surface area contributed by atoms with Gasteiger partial charge in [0.05, 0.1) is 16.1 Å². The Morgan fingerprint density at radius 3 is 2.42 bits per heavy atom. The van der Waals surface area contributed by atoms with Crippen molar-refractivity contribution in [1.29, 1.82) is 0 Å². The zero-order valence-corrected chi connectivity index (χ0v) is 18.5. The maximum atomic E-state index is 12.9. The number of anilines is 1. The smallest absolute Gasteiger partial charge is 0.341 e. The number of benzene rings is 2. The van der Waals surface area contributed by atoms with Crippen LogP contribution in [0, 0.1) is 13.8 Å². The fraction of sp³-hybridized carbons (Fsp3) is 0.286. The highest BCUT2D eigenvalue weighted by Crippen LogP contribution is 2.24. The quantitative estimate of drug-likeness (QED) is 0.559. The van der Waals surface area contributed by atoms with Gasteiger partial charge in [0.2, 0.25) is 0 Å². The van der Waals surface area contributed by atoms with Crippen LogP contribution >= 0.6 is 0 Å². The molecule has 0 aliphatic carbocycles. The number of imide groups is 1. The highest BCUT2D eigenvalue weighted by atomic mass is 32.2. The van der Waals surface area contributed by atoms with E-state index >= 15 is 0 Å². The molecule has 0 saturated heterocycles. The molecule has 0 aliphatic heterocycles. The molecule has 9 nitrogen and oxygen atoms in total. The number of sulfonamides is 1. The maximum Gasteiger partial charge on any atom is 0.341 e. The average molecular weight is 448 g/mol. The van der Waals surface area contributed by atoms with E-state index in [4.69, 9.17) is 4.74 Å². The van der Waals surface area contributed by atoms with E-state index in [2.05, 4.69) is 10.0 Å². The van der Waals surface area contributed by atoms with Gasteiger partial charge in [-0.1, -0.05) is 24.3 Å². The second kappa shape index (κ2) is 10.1. The SMILES string of the molecule is CCNC(=O)NC(=O)[C@H](C)OC(=O)c1ccccc1NS(=O)(=O)c1cc(C)ccc1C. The molecule has 10 heteroatoms. The minimum atomic E-state index is -3.98. The van der Waals surface area contributed by atoms with Crippen molar-refractivity contribution in [3.05, 3.63) is 59.2 Å². The zero-order valence-electron chi connectivity index (χ0n) is 17.7. The summed E-state index contributed by atoms with van der Waals surface area (Å²) in [5.41, 5.74) is 1.25. The zero-order chi connectivity index (χ0) is 23.2. The molecule has 3 N–H and O–H groups in total. The van der Waals surface area contributed by atoms with E-state index in [1.54, 1.807) is 39.0 Å². The summed E-state index contributed by atoms with van der Waals surface area (Å²) in [5, 5.41) is 4.43. The number of aryl methyl sites for hydroxylation is 2. The molecule has 0 fully saturated rings. The van der Waals surface area contributed by atoms with Gasteiger partial charge >= 0.3 is 12.0 Å². The van der Waals surface area contributed by atoms with E-state index in [0.717, 1.165) is 5.56 Å². The van der Waals surface area contributed by atoms with Crippen LogP contribution in [0.25, 0.3) is 0 Å². The summed E-state index contributed by atoms with van der Waals surface area (Å²) in [4.78, 5) is 36.1. The van der Waals surface area contributed by atoms with Crippen molar-refractivity contribution in [2.45, 2.75) is 38.7 Å². The van der Waals surface area contributed by atoms with Crippen LogP contribution < -0.4 is 15.4 Å². The average Bonchev–Trinajstić information content (AvgIpc) is 2.69. The Labute approximate surface area is 181 Å². The summed E-state index contributed by atoms with van der Waals surface area (Å²) >= 11 is 0. The lowest BCUT2D eigenvalue weighted by Crippen LogP contribution is -2.44. The Morgan fingerprint density at radius 2 is 1.74 bits per heavy atom. The largest absolute Gasteiger partial charge is 0.449 e. The van der Waals surface area contributed by atoms with Crippen LogP contribution in [0.3, 0.4) is 0 Å². The minimum absolute atomic E-state index is 0.00439. The van der Waals surface area contributed by atoms with Gasteiger partial charge in [-0.15, -0.1) is 0 Å². The molecule has 2 rings (SSSR count). The molecule has 0 bridgehead atoms. The molecule has 0 spiro atoms. The molecule has 166 valence electrons. The molecule has 2 aromatic rings. The van der Waals surface area contributed by atoms with Crippen LogP contribution in [0.4, 0.5) is 10.5 Å². The molecule has 0 heterocycles. The van der Waals surface area contributed by atoms with Crippen molar-refractivity contribution >= 4 is 33.6 Å². The maximum absolute atomic E-state index is 12.9. The second-order valence-corrected chi connectivity index (χ2v) is 8.47. The summed E-state index contributed by atoms with van der Waals surface area (Å²) < 4.78 is 33.3. The number of carbonyl (C=O) groups is 3. The van der Waals surface area contributed by atoms with Gasteiger partial charge in [0.1, 0.15) is 0 Å². The number of carbonyl (C=O) groups excluding carboxylic acids is 3. The van der Waals surface area contributed by atoms with Crippen molar-refractivity contribution in [1.82, 2.24) is 10.6 Å². The monoisotopic (exact) mass is 447 g/mol. The Kier molecular flexibility index (Phi) is 7.76. The first kappa shape index (κ1) is 23.9. The predicted octanol–water partition coefficient (Wildman–Crippen LogP) is 2.50. The molecular formula is C21H25N3O6S. The predicted molar refractivity (Wildman–Crippen MR) is 115 cm³/mol. The van der Waals surface area contributed by atoms with Gasteiger partial charge in [-0.25, -0.2) is 18.0 Å². The van der Waals surface area contributed by atoms with E-state index in [1.165, 1.54) is 31.2 Å². The van der Waals surface area contributed by atoms with Gasteiger partial charge in [0.25, 0.3) is 15.9 Å². The van der Waals surface area contributed by atoms with Crippen LogP contribution in [-0.4, -0.2) is 39.0 Å². The molecule has 0 aliphatic rings. The molecule has 0 unspecified atom stereocenters. The molecule has 0 saturated carbocycles. The normalized spacial score (nSPS) is 11.9. The Hall–Kier alpha value is -3.40. The molecular weight excluding hydrogens is 422 g/mol. The number of urea groups is 1. The van der Waals surface area contributed by atoms with Crippen LogP contribution in [0.15, 0.2) is 47.4 Å². The summed E-state index contributed by atoms with van der Waals surface area (Å²) in [6.07, 6.45) is -1.28. The first-order chi connectivity index (χ1) is 14.5. The molecule has 0 radical (unpaired) electrons. The van der Waals surface area contributed by atoms with Crippen LogP contribution in [0.2, 0.25) is 0 Å². The summed E-state index contributed by atoms with van der Waals surface area (Å²) in [7, 11) is -3.98. The van der Waals surface area contributed by atoms with E-state index in [1.807, 2.05) is 5.32 Å². The lowest BCUT2D eigenvalue weighted by Gasteiger charge is -2.16. The number of hydrogen-bond acceptors (Lipinski definition) is 6. The standard InChI is InChI=1S/C21H25N3O6S/c1-5-22-21(27)23-19(25)15(4)30-20(26)16-8-6-7-9-17(16)24-31(28,29)18-12-13(2)10-11-14(18)3/h6-12,15,24H,5H2,1-4H3,(H2,22,23,25,27)/t15-/m0/s1. The fourth-order valence-corrected chi connectivity index (χ4v) is 4.05. The first-order valence-electron chi connectivity index (χ1n) is 9.54. The Bertz CT molecular complexity index is 1100. The third-order valence-corrected chi connectivity index (χ3v) is 5.76. The van der Waals surface area contributed by atoms with Crippen molar-refractivity contribution in [2.75, 3.05) is 11.3 Å². The number of hydrogen-bond donors (Lipinski definition) is 3. The number of esters is 1. The van der Waals surface area contributed by atoms with Crippen molar-refractivity contribution < 1.29 is 27.5 Å². The molecule has 1 atom stereocenters. The van der Waals surface area contributed by atoms with Gasteiger partial charge < -0.3 is 10.1 Å². The van der Waals surface area contributed by atoms with E-state index in [0.29, 0.717) is 12.1 Å². The van der Waals surface area contributed by atoms with E-state index < -0.39 is 34.0 Å². The molecule has 0 aromatic heterocycles. The third-order valence-electron chi connectivity index (χ3n) is 4.25. The Balaban J connectivity index is 2.21. The van der Waals surface area contributed by atoms with Gasteiger partial charge in [-0.3, -0.25) is 14.8 Å². The summed E-state index contributed by atoms with van der Waals surface area (Å²) in [5.74, 6) is -1.73. The second-order valence-electron chi connectivity index (χ2n) is 6.82. The van der Waals surface area contributed by atoms with Gasteiger partial charge in [-0.2, -0.15) is 0 Å². The Morgan fingerprint density at radius 1 is 1.06 bits per heavy atom. The fourth-order valence-electron chi connectivity index (χ4n) is 2.64. The van der Waals surface area contributed by atoms with Crippen LogP contribution in [0.1, 0.15) is 35.3 Å². The number of nitrogens with one attached hydrogen (secondary N) is 3. The highest BCUT2D eigenvalue weighted by molar-refractivity contribution is 7.92. The van der Waals surface area contributed by atoms with Gasteiger partial charge in [-0.05, 0) is 57.0 Å². The number of rotatable bonds is 7. The van der Waals surface area contributed by atoms with Crippen LogP contribution in [-0.2, 0) is 19.6 Å². The first-order valence-corrected chi connectivity index (χ1v) is 11.0. The van der Waals surface area contributed by atoms with Crippen LogP contribution in [0.5, 0.6) is 0 Å². The summed E-state index contributed by atoms with van der Waals surface area (Å²) in [6.45, 7) is 6.75. The number of para-hydroxylation sites is 1. The number of amides is 3. The molecule has 3 amide bonds. The van der Waals surface area contributed by atoms with E-state index in [9.17, 15) is 22.8 Å². The molecule has 2 aromatic carbocycles. The van der Waals surface area contributed by atoms with Crippen molar-refractivity contribution in [3.8, 4) is 0 Å². The lowest BCUT2D eigenvalue weighted by atomic mass is 10.2. The number of ether oxygens (including phenoxy) is 1. The molecule has 31 heavy (non-hydrogen) atoms. The lowest BCUT2D eigenvalue weighted by molar-refractivity contribution is -0.127. The third kappa shape index (κ3) is 6.29.